The average molecular weight is 283 g/mol. The monoisotopic (exact) mass is 282 g/mol. The van der Waals surface area contributed by atoms with Crippen LogP contribution in [0.25, 0.3) is 0 Å². The second-order valence-corrected chi connectivity index (χ2v) is 6.43. The van der Waals surface area contributed by atoms with E-state index in [9.17, 15) is 0 Å². The molecule has 19 heavy (non-hydrogen) atoms. The maximum absolute atomic E-state index is 5.80. The molecule has 0 bridgehead atoms. The summed E-state index contributed by atoms with van der Waals surface area (Å²) in [5.74, 6) is 1.44. The van der Waals surface area contributed by atoms with Crippen molar-refractivity contribution >= 4 is 17.4 Å². The lowest BCUT2D eigenvalue weighted by Crippen LogP contribution is -2.59. The third-order valence-corrected chi connectivity index (χ3v) is 5.11. The molecule has 1 aliphatic heterocycles. The third kappa shape index (κ3) is 2.70. The summed E-state index contributed by atoms with van der Waals surface area (Å²) in [6.07, 6.45) is 1.14. The highest BCUT2D eigenvalue weighted by Crippen LogP contribution is 2.35. The van der Waals surface area contributed by atoms with Gasteiger partial charge in [-0.2, -0.15) is 0 Å². The zero-order chi connectivity index (χ0) is 14.2. The lowest BCUT2D eigenvalue weighted by Gasteiger charge is -2.51. The van der Waals surface area contributed by atoms with Crippen molar-refractivity contribution < 1.29 is 0 Å². The molecular formula is C14H23ClN4. The summed E-state index contributed by atoms with van der Waals surface area (Å²) in [4.78, 5) is 4.68. The van der Waals surface area contributed by atoms with Crippen LogP contribution in [0, 0.1) is 5.92 Å². The minimum atomic E-state index is 0.191. The Hall–Kier alpha value is -0.870. The van der Waals surface area contributed by atoms with E-state index >= 15 is 0 Å². The van der Waals surface area contributed by atoms with Gasteiger partial charge < -0.3 is 9.80 Å². The highest BCUT2D eigenvalue weighted by atomic mass is 35.5. The molecule has 0 N–H and O–H groups in total. The number of piperidine rings is 1. The smallest absolute Gasteiger partial charge is 0.151 e. The van der Waals surface area contributed by atoms with Crippen molar-refractivity contribution in [2.75, 3.05) is 25.5 Å². The third-order valence-electron chi connectivity index (χ3n) is 4.91. The average Bonchev–Trinajstić information content (AvgIpc) is 2.37. The number of anilines is 1. The molecule has 5 heteroatoms. The van der Waals surface area contributed by atoms with E-state index in [1.807, 2.05) is 6.07 Å². The Morgan fingerprint density at radius 1 is 1.37 bits per heavy atom. The fraction of sp³-hybridized carbons (Fsp3) is 0.714. The first kappa shape index (κ1) is 14.5. The molecule has 0 aromatic carbocycles. The van der Waals surface area contributed by atoms with E-state index in [-0.39, 0.29) is 5.54 Å². The topological polar surface area (TPSA) is 32.3 Å². The van der Waals surface area contributed by atoms with E-state index in [2.05, 4.69) is 54.9 Å². The molecule has 0 spiro atoms. The number of halogens is 1. The molecule has 2 unspecified atom stereocenters. The van der Waals surface area contributed by atoms with E-state index in [4.69, 9.17) is 11.6 Å². The van der Waals surface area contributed by atoms with Gasteiger partial charge in [-0.3, -0.25) is 0 Å². The van der Waals surface area contributed by atoms with E-state index in [0.717, 1.165) is 18.8 Å². The first-order chi connectivity index (χ1) is 8.84. The number of rotatable bonds is 2. The Labute approximate surface area is 120 Å². The summed E-state index contributed by atoms with van der Waals surface area (Å²) in [5, 5.41) is 8.56. The number of hydrogen-bond acceptors (Lipinski definition) is 4. The van der Waals surface area contributed by atoms with E-state index < -0.39 is 0 Å². The molecule has 0 amide bonds. The van der Waals surface area contributed by atoms with Crippen LogP contribution in [0.15, 0.2) is 12.1 Å². The zero-order valence-corrected chi connectivity index (χ0v) is 13.1. The highest BCUT2D eigenvalue weighted by Gasteiger charge is 2.41. The molecule has 1 saturated heterocycles. The van der Waals surface area contributed by atoms with Gasteiger partial charge in [0.1, 0.15) is 0 Å². The quantitative estimate of drug-likeness (QED) is 0.835. The van der Waals surface area contributed by atoms with Crippen LogP contribution >= 0.6 is 11.6 Å². The van der Waals surface area contributed by atoms with Crippen LogP contribution in [0.5, 0.6) is 0 Å². The Balaban J connectivity index is 2.19. The van der Waals surface area contributed by atoms with Crippen LogP contribution < -0.4 is 4.90 Å². The molecule has 2 atom stereocenters. The molecule has 1 aromatic heterocycles. The Morgan fingerprint density at radius 3 is 2.63 bits per heavy atom. The molecule has 0 radical (unpaired) electrons. The van der Waals surface area contributed by atoms with Gasteiger partial charge in [0, 0.05) is 25.2 Å². The van der Waals surface area contributed by atoms with Crippen molar-refractivity contribution in [1.29, 1.82) is 0 Å². The second kappa shape index (κ2) is 5.25. The number of aromatic nitrogens is 2. The van der Waals surface area contributed by atoms with Gasteiger partial charge in [-0.1, -0.05) is 18.5 Å². The highest BCUT2D eigenvalue weighted by molar-refractivity contribution is 6.29. The van der Waals surface area contributed by atoms with Gasteiger partial charge in [-0.25, -0.2) is 0 Å². The molecule has 4 nitrogen and oxygen atoms in total. The van der Waals surface area contributed by atoms with Crippen LogP contribution in [-0.4, -0.2) is 47.3 Å². The largest absolute Gasteiger partial charge is 0.355 e. The van der Waals surface area contributed by atoms with Crippen molar-refractivity contribution in [2.24, 2.45) is 5.92 Å². The van der Waals surface area contributed by atoms with Gasteiger partial charge in [0.2, 0.25) is 0 Å². The summed E-state index contributed by atoms with van der Waals surface area (Å²) in [5.41, 5.74) is 0.191. The number of hydrogen-bond donors (Lipinski definition) is 0. The molecular weight excluding hydrogens is 260 g/mol. The van der Waals surface area contributed by atoms with Gasteiger partial charge >= 0.3 is 0 Å². The molecule has 0 saturated carbocycles. The predicted molar refractivity (Wildman–Crippen MR) is 79.7 cm³/mol. The Bertz CT molecular complexity index is 432. The van der Waals surface area contributed by atoms with Crippen molar-refractivity contribution in [1.82, 2.24) is 15.1 Å². The summed E-state index contributed by atoms with van der Waals surface area (Å²) in [6, 6.07) is 4.21. The van der Waals surface area contributed by atoms with Crippen LogP contribution in [0.4, 0.5) is 5.82 Å². The fourth-order valence-electron chi connectivity index (χ4n) is 2.88. The zero-order valence-electron chi connectivity index (χ0n) is 12.4. The van der Waals surface area contributed by atoms with Crippen LogP contribution in [0.1, 0.15) is 27.2 Å². The summed E-state index contributed by atoms with van der Waals surface area (Å²) < 4.78 is 0. The molecule has 2 heterocycles. The minimum absolute atomic E-state index is 0.191. The molecule has 1 fully saturated rings. The van der Waals surface area contributed by atoms with Crippen LogP contribution in [0.3, 0.4) is 0 Å². The molecule has 106 valence electrons. The summed E-state index contributed by atoms with van der Waals surface area (Å²) in [7, 11) is 4.30. The van der Waals surface area contributed by atoms with Gasteiger partial charge in [0.05, 0.1) is 0 Å². The summed E-state index contributed by atoms with van der Waals surface area (Å²) in [6.45, 7) is 8.05. The van der Waals surface area contributed by atoms with Gasteiger partial charge in [0.15, 0.2) is 11.0 Å². The molecule has 1 aliphatic rings. The van der Waals surface area contributed by atoms with Crippen molar-refractivity contribution in [2.45, 2.75) is 38.8 Å². The minimum Gasteiger partial charge on any atom is -0.355 e. The molecule has 2 rings (SSSR count). The molecule has 0 aliphatic carbocycles. The maximum Gasteiger partial charge on any atom is 0.151 e. The standard InChI is InChI=1S/C14H23ClN4/c1-10-11(8-9-18(4)14(10,2)3)19(5)13-7-6-12(15)16-17-13/h6-7,10-11H,8-9H2,1-5H3. The van der Waals surface area contributed by atoms with Gasteiger partial charge in [-0.05, 0) is 45.4 Å². The van der Waals surface area contributed by atoms with Gasteiger partial charge in [-0.15, -0.1) is 10.2 Å². The van der Waals surface area contributed by atoms with Crippen molar-refractivity contribution in [3.8, 4) is 0 Å². The van der Waals surface area contributed by atoms with E-state index in [1.54, 1.807) is 6.07 Å². The lowest BCUT2D eigenvalue weighted by atomic mass is 9.77. The van der Waals surface area contributed by atoms with E-state index in [0.29, 0.717) is 17.1 Å². The van der Waals surface area contributed by atoms with Crippen LogP contribution in [-0.2, 0) is 0 Å². The first-order valence-electron chi connectivity index (χ1n) is 6.77. The van der Waals surface area contributed by atoms with Crippen molar-refractivity contribution in [3.63, 3.8) is 0 Å². The predicted octanol–water partition coefficient (Wildman–Crippen LogP) is 2.69. The maximum atomic E-state index is 5.80. The van der Waals surface area contributed by atoms with Crippen LogP contribution in [0.2, 0.25) is 5.15 Å². The Kier molecular flexibility index (Phi) is 4.02. The normalized spacial score (nSPS) is 27.3. The first-order valence-corrected chi connectivity index (χ1v) is 7.15. The van der Waals surface area contributed by atoms with E-state index in [1.165, 1.54) is 0 Å². The lowest BCUT2D eigenvalue weighted by molar-refractivity contribution is 0.0391. The van der Waals surface area contributed by atoms with Crippen molar-refractivity contribution in [3.05, 3.63) is 17.3 Å². The summed E-state index contributed by atoms with van der Waals surface area (Å²) >= 11 is 5.80. The molecule has 1 aromatic rings. The second-order valence-electron chi connectivity index (χ2n) is 6.05. The van der Waals surface area contributed by atoms with Gasteiger partial charge in [0.25, 0.3) is 0 Å². The Morgan fingerprint density at radius 2 is 2.05 bits per heavy atom. The number of nitrogens with zero attached hydrogens (tertiary/aromatic N) is 4. The number of likely N-dealkylation sites (tertiary alicyclic amines) is 1. The fourth-order valence-corrected chi connectivity index (χ4v) is 2.98. The SMILES string of the molecule is CC1C(N(C)c2ccc(Cl)nn2)CCN(C)C1(C)C.